The summed E-state index contributed by atoms with van der Waals surface area (Å²) in [7, 11) is 0. The van der Waals surface area contributed by atoms with Crippen molar-refractivity contribution in [1.82, 2.24) is 10.2 Å². The Morgan fingerprint density at radius 1 is 1.12 bits per heavy atom. The van der Waals surface area contributed by atoms with Crippen LogP contribution in [0.2, 0.25) is 0 Å². The molecular formula is C21H26N2O2. The van der Waals surface area contributed by atoms with Gasteiger partial charge in [0.15, 0.2) is 0 Å². The zero-order valence-corrected chi connectivity index (χ0v) is 14.8. The van der Waals surface area contributed by atoms with Crippen molar-refractivity contribution < 1.29 is 9.53 Å². The van der Waals surface area contributed by atoms with Crippen molar-refractivity contribution >= 4 is 5.91 Å². The van der Waals surface area contributed by atoms with E-state index in [1.54, 1.807) is 0 Å². The fourth-order valence-corrected chi connectivity index (χ4v) is 3.22. The van der Waals surface area contributed by atoms with Gasteiger partial charge in [-0.05, 0) is 42.2 Å². The van der Waals surface area contributed by atoms with Crippen LogP contribution in [-0.2, 0) is 24.2 Å². The molecule has 1 heterocycles. The van der Waals surface area contributed by atoms with Gasteiger partial charge in [0.25, 0.3) is 0 Å². The zero-order chi connectivity index (χ0) is 17.5. The topological polar surface area (TPSA) is 41.6 Å². The second kappa shape index (κ2) is 8.67. The minimum Gasteiger partial charge on any atom is -0.494 e. The van der Waals surface area contributed by atoms with Gasteiger partial charge in [-0.3, -0.25) is 9.69 Å². The van der Waals surface area contributed by atoms with E-state index in [0.29, 0.717) is 19.6 Å². The maximum Gasteiger partial charge on any atom is 0.224 e. The number of amides is 1. The number of nitrogens with one attached hydrogen (secondary N) is 1. The summed E-state index contributed by atoms with van der Waals surface area (Å²) < 4.78 is 5.42. The average Bonchev–Trinajstić information content (AvgIpc) is 2.63. The second-order valence-corrected chi connectivity index (χ2v) is 6.40. The van der Waals surface area contributed by atoms with E-state index in [1.807, 2.05) is 31.2 Å². The fourth-order valence-electron chi connectivity index (χ4n) is 3.22. The smallest absolute Gasteiger partial charge is 0.224 e. The molecule has 0 atom stereocenters. The van der Waals surface area contributed by atoms with Crippen molar-refractivity contribution in [3.63, 3.8) is 0 Å². The molecule has 1 amide bonds. The second-order valence-electron chi connectivity index (χ2n) is 6.40. The Hall–Kier alpha value is -2.33. The van der Waals surface area contributed by atoms with Gasteiger partial charge in [-0.25, -0.2) is 0 Å². The number of nitrogens with zero attached hydrogens (tertiary/aromatic N) is 1. The maximum absolute atomic E-state index is 12.1. The molecule has 0 saturated carbocycles. The first-order valence-electron chi connectivity index (χ1n) is 9.02. The molecule has 0 saturated heterocycles. The molecule has 0 aromatic heterocycles. The van der Waals surface area contributed by atoms with Gasteiger partial charge in [-0.1, -0.05) is 36.4 Å². The summed E-state index contributed by atoms with van der Waals surface area (Å²) in [6.07, 6.45) is 1.51. The first-order valence-corrected chi connectivity index (χ1v) is 9.02. The summed E-state index contributed by atoms with van der Waals surface area (Å²) in [5, 5.41) is 3.03. The van der Waals surface area contributed by atoms with E-state index in [0.717, 1.165) is 37.4 Å². The van der Waals surface area contributed by atoms with E-state index >= 15 is 0 Å². The van der Waals surface area contributed by atoms with E-state index in [1.165, 1.54) is 11.1 Å². The maximum atomic E-state index is 12.1. The minimum absolute atomic E-state index is 0.0709. The highest BCUT2D eigenvalue weighted by Gasteiger charge is 2.15. The lowest BCUT2D eigenvalue weighted by molar-refractivity contribution is -0.120. The van der Waals surface area contributed by atoms with E-state index in [9.17, 15) is 4.79 Å². The van der Waals surface area contributed by atoms with E-state index in [2.05, 4.69) is 34.5 Å². The van der Waals surface area contributed by atoms with Crippen molar-refractivity contribution in [1.29, 1.82) is 0 Å². The summed E-state index contributed by atoms with van der Waals surface area (Å²) in [5.74, 6) is 0.915. The van der Waals surface area contributed by atoms with Crippen molar-refractivity contribution in [3.8, 4) is 5.75 Å². The van der Waals surface area contributed by atoms with Gasteiger partial charge in [0.05, 0.1) is 13.0 Å². The molecule has 0 unspecified atom stereocenters. The summed E-state index contributed by atoms with van der Waals surface area (Å²) in [4.78, 5) is 14.5. The Labute approximate surface area is 149 Å². The first-order chi connectivity index (χ1) is 12.2. The van der Waals surface area contributed by atoms with Gasteiger partial charge in [0.1, 0.15) is 5.75 Å². The Balaban J connectivity index is 1.39. The van der Waals surface area contributed by atoms with Crippen LogP contribution >= 0.6 is 0 Å². The number of carbonyl (C=O) groups excluding carboxylic acids is 1. The third-order valence-electron chi connectivity index (χ3n) is 4.56. The quantitative estimate of drug-likeness (QED) is 0.844. The predicted molar refractivity (Wildman–Crippen MR) is 99.7 cm³/mol. The number of fused-ring (bicyclic) bond motifs is 1. The fraction of sp³-hybridized carbons (Fsp3) is 0.381. The van der Waals surface area contributed by atoms with Crippen LogP contribution in [0.25, 0.3) is 0 Å². The summed E-state index contributed by atoms with van der Waals surface area (Å²) >= 11 is 0. The molecule has 0 spiro atoms. The van der Waals surface area contributed by atoms with Crippen molar-refractivity contribution in [2.24, 2.45) is 0 Å². The van der Waals surface area contributed by atoms with Crippen LogP contribution in [0.3, 0.4) is 0 Å². The molecule has 0 fully saturated rings. The van der Waals surface area contributed by atoms with Gasteiger partial charge in [-0.2, -0.15) is 0 Å². The standard InChI is InChI=1S/C21H26N2O2/c1-2-25-20-9-7-17(8-10-20)15-21(24)22-12-14-23-13-11-18-5-3-4-6-19(18)16-23/h3-10H,2,11-16H2,1H3,(H,22,24). The van der Waals surface area contributed by atoms with Gasteiger partial charge in [0, 0.05) is 26.2 Å². The van der Waals surface area contributed by atoms with Crippen LogP contribution in [0, 0.1) is 0 Å². The van der Waals surface area contributed by atoms with Crippen LogP contribution in [0.15, 0.2) is 48.5 Å². The summed E-state index contributed by atoms with van der Waals surface area (Å²) in [6, 6.07) is 16.3. The molecule has 0 bridgehead atoms. The number of hydrogen-bond acceptors (Lipinski definition) is 3. The molecule has 132 valence electrons. The van der Waals surface area contributed by atoms with E-state index < -0.39 is 0 Å². The van der Waals surface area contributed by atoms with Crippen LogP contribution in [0.1, 0.15) is 23.6 Å². The number of benzene rings is 2. The molecule has 0 aliphatic carbocycles. The van der Waals surface area contributed by atoms with Gasteiger partial charge in [-0.15, -0.1) is 0 Å². The molecule has 1 N–H and O–H groups in total. The zero-order valence-electron chi connectivity index (χ0n) is 14.8. The monoisotopic (exact) mass is 338 g/mol. The molecule has 1 aliphatic rings. The molecule has 3 rings (SSSR count). The normalized spacial score (nSPS) is 14.0. The van der Waals surface area contributed by atoms with Crippen molar-refractivity contribution in [3.05, 3.63) is 65.2 Å². The molecule has 4 heteroatoms. The van der Waals surface area contributed by atoms with Crippen LogP contribution in [-0.4, -0.2) is 37.0 Å². The number of ether oxygens (including phenoxy) is 1. The SMILES string of the molecule is CCOc1ccc(CC(=O)NCCN2CCc3ccccc3C2)cc1. The van der Waals surface area contributed by atoms with Gasteiger partial charge in [0.2, 0.25) is 5.91 Å². The molecule has 0 radical (unpaired) electrons. The number of carbonyl (C=O) groups is 1. The molecule has 1 aliphatic heterocycles. The summed E-state index contributed by atoms with van der Waals surface area (Å²) in [5.41, 5.74) is 3.88. The highest BCUT2D eigenvalue weighted by Crippen LogP contribution is 2.17. The molecule has 2 aromatic carbocycles. The summed E-state index contributed by atoms with van der Waals surface area (Å²) in [6.45, 7) is 6.24. The van der Waals surface area contributed by atoms with Crippen molar-refractivity contribution in [2.45, 2.75) is 26.3 Å². The van der Waals surface area contributed by atoms with E-state index in [-0.39, 0.29) is 5.91 Å². The van der Waals surface area contributed by atoms with Crippen LogP contribution in [0.5, 0.6) is 5.75 Å². The Kier molecular flexibility index (Phi) is 6.07. The predicted octanol–water partition coefficient (Wildman–Crippen LogP) is 2.80. The number of hydrogen-bond donors (Lipinski definition) is 1. The Bertz CT molecular complexity index is 697. The Morgan fingerprint density at radius 3 is 2.64 bits per heavy atom. The third kappa shape index (κ3) is 5.07. The largest absolute Gasteiger partial charge is 0.494 e. The van der Waals surface area contributed by atoms with Gasteiger partial charge < -0.3 is 10.1 Å². The average molecular weight is 338 g/mol. The molecule has 4 nitrogen and oxygen atoms in total. The van der Waals surface area contributed by atoms with E-state index in [4.69, 9.17) is 4.74 Å². The highest BCUT2D eigenvalue weighted by atomic mass is 16.5. The van der Waals surface area contributed by atoms with Crippen LogP contribution in [0.4, 0.5) is 0 Å². The molecular weight excluding hydrogens is 312 g/mol. The number of rotatable bonds is 7. The minimum atomic E-state index is 0.0709. The lowest BCUT2D eigenvalue weighted by Gasteiger charge is -2.28. The molecule has 25 heavy (non-hydrogen) atoms. The Morgan fingerprint density at radius 2 is 1.88 bits per heavy atom. The molecule has 2 aromatic rings. The third-order valence-corrected chi connectivity index (χ3v) is 4.56. The van der Waals surface area contributed by atoms with Crippen molar-refractivity contribution in [2.75, 3.05) is 26.2 Å². The highest BCUT2D eigenvalue weighted by molar-refractivity contribution is 5.78. The lowest BCUT2D eigenvalue weighted by Crippen LogP contribution is -2.38. The first kappa shape index (κ1) is 17.5. The van der Waals surface area contributed by atoms with Gasteiger partial charge >= 0.3 is 0 Å². The lowest BCUT2D eigenvalue weighted by atomic mass is 10.00. The van der Waals surface area contributed by atoms with Crippen LogP contribution < -0.4 is 10.1 Å².